The summed E-state index contributed by atoms with van der Waals surface area (Å²) in [5.74, 6) is 0.865. The van der Waals surface area contributed by atoms with Crippen molar-refractivity contribution < 1.29 is 0 Å². The van der Waals surface area contributed by atoms with Gasteiger partial charge in [-0.2, -0.15) is 12.6 Å². The first-order valence-corrected chi connectivity index (χ1v) is 6.19. The average molecular weight is 208 g/mol. The quantitative estimate of drug-likeness (QED) is 0.524. The molecular weight excluding hydrogens is 188 g/mol. The van der Waals surface area contributed by atoms with Gasteiger partial charge in [-0.25, -0.2) is 0 Å². The molecule has 0 aliphatic rings. The zero-order valence-corrected chi connectivity index (χ0v) is 9.89. The van der Waals surface area contributed by atoms with Crippen LogP contribution in [0.1, 0.15) is 43.7 Å². The van der Waals surface area contributed by atoms with Crippen LogP contribution in [0.2, 0.25) is 0 Å². The Morgan fingerprint density at radius 2 is 1.71 bits per heavy atom. The molecule has 0 spiro atoms. The maximum atomic E-state index is 4.34. The van der Waals surface area contributed by atoms with E-state index in [-0.39, 0.29) is 0 Å². The van der Waals surface area contributed by atoms with Gasteiger partial charge in [0.1, 0.15) is 0 Å². The molecule has 1 aromatic rings. The lowest BCUT2D eigenvalue weighted by atomic mass is 10.0. The summed E-state index contributed by atoms with van der Waals surface area (Å²) >= 11 is 4.34. The van der Waals surface area contributed by atoms with Crippen molar-refractivity contribution in [3.63, 3.8) is 0 Å². The molecular formula is C13H20S. The van der Waals surface area contributed by atoms with Crippen LogP contribution in [0.3, 0.4) is 0 Å². The third-order valence-corrected chi connectivity index (χ3v) is 2.93. The molecule has 0 amide bonds. The lowest BCUT2D eigenvalue weighted by molar-refractivity contribution is 0.665. The minimum atomic E-state index is 0.865. The molecule has 0 atom stereocenters. The third kappa shape index (κ3) is 3.75. The molecule has 0 aliphatic heterocycles. The van der Waals surface area contributed by atoms with Crippen molar-refractivity contribution in [1.82, 2.24) is 0 Å². The lowest BCUT2D eigenvalue weighted by Crippen LogP contribution is -1.91. The summed E-state index contributed by atoms with van der Waals surface area (Å²) in [6, 6.07) is 8.64. The molecule has 0 saturated carbocycles. The Morgan fingerprint density at radius 3 is 2.36 bits per heavy atom. The van der Waals surface area contributed by atoms with Gasteiger partial charge in [-0.15, -0.1) is 0 Å². The van der Waals surface area contributed by atoms with Crippen molar-refractivity contribution in [3.05, 3.63) is 35.4 Å². The summed E-state index contributed by atoms with van der Waals surface area (Å²) in [5.41, 5.74) is 2.88. The molecule has 0 aromatic heterocycles. The molecule has 0 fully saturated rings. The average Bonchev–Trinajstić information content (AvgIpc) is 2.25. The molecule has 0 unspecified atom stereocenters. The zero-order chi connectivity index (χ0) is 10.2. The van der Waals surface area contributed by atoms with E-state index in [0.717, 1.165) is 5.75 Å². The van der Waals surface area contributed by atoms with Gasteiger partial charge in [0.25, 0.3) is 0 Å². The Morgan fingerprint density at radius 1 is 1.00 bits per heavy atom. The second kappa shape index (κ2) is 6.94. The molecule has 1 heteroatoms. The number of hydrogen-bond acceptors (Lipinski definition) is 1. The molecule has 0 nitrogen and oxygen atoms in total. The Kier molecular flexibility index (Phi) is 5.77. The van der Waals surface area contributed by atoms with Crippen molar-refractivity contribution in [2.45, 2.75) is 44.8 Å². The van der Waals surface area contributed by atoms with Gasteiger partial charge < -0.3 is 0 Å². The van der Waals surface area contributed by atoms with Gasteiger partial charge >= 0.3 is 0 Å². The predicted octanol–water partition coefficient (Wildman–Crippen LogP) is 4.24. The van der Waals surface area contributed by atoms with E-state index in [4.69, 9.17) is 0 Å². The molecule has 14 heavy (non-hydrogen) atoms. The predicted molar refractivity (Wildman–Crippen MR) is 67.0 cm³/mol. The molecule has 0 saturated heterocycles. The summed E-state index contributed by atoms with van der Waals surface area (Å²) in [5, 5.41) is 0. The highest BCUT2D eigenvalue weighted by Gasteiger charge is 1.98. The largest absolute Gasteiger partial charge is 0.175 e. The van der Waals surface area contributed by atoms with Crippen LogP contribution in [0.15, 0.2) is 24.3 Å². The fourth-order valence-electron chi connectivity index (χ4n) is 1.70. The van der Waals surface area contributed by atoms with Gasteiger partial charge in [-0.1, -0.05) is 50.5 Å². The summed E-state index contributed by atoms with van der Waals surface area (Å²) in [6.07, 6.45) is 6.57. The molecule has 0 heterocycles. The lowest BCUT2D eigenvalue weighted by Gasteiger charge is -2.06. The van der Waals surface area contributed by atoms with Crippen LogP contribution < -0.4 is 0 Å². The fraction of sp³-hybridized carbons (Fsp3) is 0.538. The summed E-state index contributed by atoms with van der Waals surface area (Å²) in [7, 11) is 0. The second-order valence-corrected chi connectivity index (χ2v) is 4.05. The Labute approximate surface area is 93.1 Å². The maximum Gasteiger partial charge on any atom is 0.0157 e. The number of benzene rings is 1. The van der Waals surface area contributed by atoms with Gasteiger partial charge in [0, 0.05) is 5.75 Å². The minimum absolute atomic E-state index is 0.865. The topological polar surface area (TPSA) is 0 Å². The minimum Gasteiger partial charge on any atom is -0.175 e. The van der Waals surface area contributed by atoms with Crippen molar-refractivity contribution in [2.24, 2.45) is 0 Å². The molecule has 78 valence electrons. The van der Waals surface area contributed by atoms with E-state index in [1.165, 1.54) is 43.2 Å². The first-order valence-electron chi connectivity index (χ1n) is 5.56. The van der Waals surface area contributed by atoms with Gasteiger partial charge in [-0.05, 0) is 24.0 Å². The smallest absolute Gasteiger partial charge is 0.0157 e. The highest BCUT2D eigenvalue weighted by molar-refractivity contribution is 7.79. The fourth-order valence-corrected chi connectivity index (χ4v) is 2.01. The molecule has 1 rings (SSSR count). The van der Waals surface area contributed by atoms with Gasteiger partial charge in [0.2, 0.25) is 0 Å². The highest BCUT2D eigenvalue weighted by atomic mass is 32.1. The number of rotatable bonds is 6. The maximum absolute atomic E-state index is 4.34. The van der Waals surface area contributed by atoms with Crippen molar-refractivity contribution in [1.29, 1.82) is 0 Å². The van der Waals surface area contributed by atoms with Crippen molar-refractivity contribution >= 4 is 12.6 Å². The van der Waals surface area contributed by atoms with E-state index >= 15 is 0 Å². The van der Waals surface area contributed by atoms with E-state index < -0.39 is 0 Å². The van der Waals surface area contributed by atoms with E-state index in [1.54, 1.807) is 0 Å². The van der Waals surface area contributed by atoms with E-state index in [9.17, 15) is 0 Å². The van der Waals surface area contributed by atoms with E-state index in [2.05, 4.69) is 43.8 Å². The Hall–Kier alpha value is -0.430. The number of aryl methyl sites for hydroxylation is 1. The van der Waals surface area contributed by atoms with Crippen LogP contribution in [0, 0.1) is 0 Å². The normalized spacial score (nSPS) is 10.4. The van der Waals surface area contributed by atoms with Crippen LogP contribution in [-0.2, 0) is 12.2 Å². The van der Waals surface area contributed by atoms with Gasteiger partial charge in [0.15, 0.2) is 0 Å². The first-order chi connectivity index (χ1) is 6.88. The van der Waals surface area contributed by atoms with Crippen molar-refractivity contribution in [2.75, 3.05) is 0 Å². The second-order valence-electron chi connectivity index (χ2n) is 3.74. The van der Waals surface area contributed by atoms with E-state index in [1.807, 2.05) is 0 Å². The van der Waals surface area contributed by atoms with Gasteiger partial charge in [-0.3, -0.25) is 0 Å². The summed E-state index contributed by atoms with van der Waals surface area (Å²) < 4.78 is 0. The number of unbranched alkanes of at least 4 members (excludes halogenated alkanes) is 3. The van der Waals surface area contributed by atoms with Gasteiger partial charge in [0.05, 0.1) is 0 Å². The van der Waals surface area contributed by atoms with Crippen LogP contribution in [0.4, 0.5) is 0 Å². The van der Waals surface area contributed by atoms with Crippen molar-refractivity contribution in [3.8, 4) is 0 Å². The summed E-state index contributed by atoms with van der Waals surface area (Å²) in [6.45, 7) is 2.25. The monoisotopic (exact) mass is 208 g/mol. The van der Waals surface area contributed by atoms with Crippen LogP contribution >= 0.6 is 12.6 Å². The van der Waals surface area contributed by atoms with E-state index in [0.29, 0.717) is 0 Å². The summed E-state index contributed by atoms with van der Waals surface area (Å²) in [4.78, 5) is 0. The Bertz CT molecular complexity index is 255. The number of hydrogen-bond donors (Lipinski definition) is 1. The standard InChI is InChI=1S/C13H20S/c1-2-3-4-5-8-12-9-6-7-10-13(12)11-14/h6-7,9-10,14H,2-5,8,11H2,1H3. The molecule has 0 N–H and O–H groups in total. The van der Waals surface area contributed by atoms with Crippen LogP contribution in [0.25, 0.3) is 0 Å². The molecule has 0 radical (unpaired) electrons. The van der Waals surface area contributed by atoms with Crippen LogP contribution in [0.5, 0.6) is 0 Å². The highest BCUT2D eigenvalue weighted by Crippen LogP contribution is 2.14. The Balaban J connectivity index is 2.41. The number of thiol groups is 1. The first kappa shape index (κ1) is 11.6. The molecule has 0 bridgehead atoms. The SMILES string of the molecule is CCCCCCc1ccccc1CS. The molecule has 1 aromatic carbocycles. The molecule has 0 aliphatic carbocycles. The van der Waals surface area contributed by atoms with Crippen LogP contribution in [-0.4, -0.2) is 0 Å². The third-order valence-electron chi connectivity index (χ3n) is 2.59. The zero-order valence-electron chi connectivity index (χ0n) is 9.00.